The third-order valence-corrected chi connectivity index (χ3v) is 3.89. The molecule has 0 atom stereocenters. The highest BCUT2D eigenvalue weighted by Crippen LogP contribution is 2.36. The minimum atomic E-state index is 0.701. The molecule has 1 aromatic carbocycles. The molecule has 0 saturated carbocycles. The molecule has 0 bridgehead atoms. The van der Waals surface area contributed by atoms with Crippen molar-refractivity contribution in [3.63, 3.8) is 0 Å². The molecule has 0 amide bonds. The summed E-state index contributed by atoms with van der Waals surface area (Å²) < 4.78 is 16.7. The third-order valence-electron chi connectivity index (χ3n) is 3.31. The van der Waals surface area contributed by atoms with Gasteiger partial charge in [0.25, 0.3) is 0 Å². The van der Waals surface area contributed by atoms with Gasteiger partial charge in [0.15, 0.2) is 11.5 Å². The fourth-order valence-electron chi connectivity index (χ4n) is 2.16. The molecule has 0 radical (unpaired) electrons. The molecular weight excluding hydrogens is 336 g/mol. The molecule has 0 fully saturated rings. The first-order valence-electron chi connectivity index (χ1n) is 6.59. The van der Waals surface area contributed by atoms with E-state index < -0.39 is 0 Å². The van der Waals surface area contributed by atoms with Crippen LogP contribution in [0.25, 0.3) is 0 Å². The summed E-state index contributed by atoms with van der Waals surface area (Å²) in [6.45, 7) is 5.29. The van der Waals surface area contributed by atoms with Gasteiger partial charge in [-0.3, -0.25) is 0 Å². The minimum absolute atomic E-state index is 0.701. The van der Waals surface area contributed by atoms with Crippen molar-refractivity contribution < 1.29 is 14.0 Å². The van der Waals surface area contributed by atoms with E-state index >= 15 is 0 Å². The first-order chi connectivity index (χ1) is 10.1. The fourth-order valence-corrected chi connectivity index (χ4v) is 2.81. The number of nitrogens with zero attached hydrogens (tertiary/aromatic N) is 1. The van der Waals surface area contributed by atoms with Crippen molar-refractivity contribution in [2.75, 3.05) is 14.2 Å². The molecule has 6 heteroatoms. The van der Waals surface area contributed by atoms with Gasteiger partial charge < -0.3 is 19.3 Å². The van der Waals surface area contributed by atoms with Crippen molar-refractivity contribution in [3.8, 4) is 11.5 Å². The molecule has 1 N–H and O–H groups in total. The Morgan fingerprint density at radius 2 is 1.95 bits per heavy atom. The predicted octanol–water partition coefficient (Wildman–Crippen LogP) is 3.36. The average molecular weight is 355 g/mol. The van der Waals surface area contributed by atoms with Crippen molar-refractivity contribution in [1.82, 2.24) is 10.5 Å². The van der Waals surface area contributed by atoms with E-state index in [2.05, 4.69) is 26.4 Å². The summed E-state index contributed by atoms with van der Waals surface area (Å²) in [6.07, 6.45) is 0. The standard InChI is InChI=1S/C15H19BrN2O3/c1-9-12(10(2)21-18-9)8-17-7-11-5-13(16)15(20-4)14(6-11)19-3/h5-6,17H,7-8H2,1-4H3. The Hall–Kier alpha value is -1.53. The maximum atomic E-state index is 5.34. The van der Waals surface area contributed by atoms with Crippen LogP contribution in [0.3, 0.4) is 0 Å². The van der Waals surface area contributed by atoms with E-state index in [4.69, 9.17) is 14.0 Å². The summed E-state index contributed by atoms with van der Waals surface area (Å²) in [4.78, 5) is 0. The van der Waals surface area contributed by atoms with Crippen LogP contribution in [-0.4, -0.2) is 19.4 Å². The SMILES string of the molecule is COc1cc(CNCc2c(C)noc2C)cc(Br)c1OC. The number of hydrogen-bond acceptors (Lipinski definition) is 5. The van der Waals surface area contributed by atoms with Crippen LogP contribution in [0.5, 0.6) is 11.5 Å². The molecule has 2 aromatic rings. The number of hydrogen-bond donors (Lipinski definition) is 1. The van der Waals surface area contributed by atoms with E-state index in [9.17, 15) is 0 Å². The molecule has 2 rings (SSSR count). The minimum Gasteiger partial charge on any atom is -0.493 e. The molecule has 1 heterocycles. The number of halogens is 1. The number of nitrogens with one attached hydrogen (secondary N) is 1. The molecule has 5 nitrogen and oxygen atoms in total. The van der Waals surface area contributed by atoms with Gasteiger partial charge in [-0.25, -0.2) is 0 Å². The van der Waals surface area contributed by atoms with E-state index in [0.717, 1.165) is 27.1 Å². The number of benzene rings is 1. The normalized spacial score (nSPS) is 10.7. The maximum absolute atomic E-state index is 5.34. The van der Waals surface area contributed by atoms with Crippen LogP contribution < -0.4 is 14.8 Å². The van der Waals surface area contributed by atoms with Gasteiger partial charge in [0.2, 0.25) is 0 Å². The molecule has 0 aliphatic rings. The number of methoxy groups -OCH3 is 2. The van der Waals surface area contributed by atoms with Gasteiger partial charge in [-0.15, -0.1) is 0 Å². The quantitative estimate of drug-likeness (QED) is 0.861. The predicted molar refractivity (Wildman–Crippen MR) is 83.8 cm³/mol. The third kappa shape index (κ3) is 3.57. The molecule has 21 heavy (non-hydrogen) atoms. The van der Waals surface area contributed by atoms with Crippen LogP contribution in [0.4, 0.5) is 0 Å². The lowest BCUT2D eigenvalue weighted by Crippen LogP contribution is -2.13. The summed E-state index contributed by atoms with van der Waals surface area (Å²) in [6, 6.07) is 3.98. The second kappa shape index (κ2) is 6.95. The Kier molecular flexibility index (Phi) is 5.25. The first-order valence-corrected chi connectivity index (χ1v) is 7.39. The largest absolute Gasteiger partial charge is 0.493 e. The van der Waals surface area contributed by atoms with Crippen molar-refractivity contribution in [2.24, 2.45) is 0 Å². The first kappa shape index (κ1) is 15.9. The van der Waals surface area contributed by atoms with Gasteiger partial charge in [-0.05, 0) is 47.5 Å². The van der Waals surface area contributed by atoms with Crippen molar-refractivity contribution in [2.45, 2.75) is 26.9 Å². The monoisotopic (exact) mass is 354 g/mol. The van der Waals surface area contributed by atoms with E-state index in [-0.39, 0.29) is 0 Å². The fraction of sp³-hybridized carbons (Fsp3) is 0.400. The van der Waals surface area contributed by atoms with Gasteiger partial charge >= 0.3 is 0 Å². The Morgan fingerprint density at radius 3 is 2.52 bits per heavy atom. The Labute approximate surface area is 132 Å². The number of aryl methyl sites for hydroxylation is 2. The van der Waals surface area contributed by atoms with Crippen LogP contribution in [-0.2, 0) is 13.1 Å². The van der Waals surface area contributed by atoms with Gasteiger partial charge in [0.05, 0.1) is 24.4 Å². The zero-order valence-corrected chi connectivity index (χ0v) is 14.2. The summed E-state index contributed by atoms with van der Waals surface area (Å²) >= 11 is 3.50. The molecule has 0 saturated heterocycles. The number of aromatic nitrogens is 1. The van der Waals surface area contributed by atoms with Crippen LogP contribution in [0.2, 0.25) is 0 Å². The van der Waals surface area contributed by atoms with Gasteiger partial charge in [-0.1, -0.05) is 5.16 Å². The Balaban J connectivity index is 2.05. The van der Waals surface area contributed by atoms with Crippen molar-refractivity contribution >= 4 is 15.9 Å². The highest BCUT2D eigenvalue weighted by molar-refractivity contribution is 9.10. The molecule has 0 spiro atoms. The molecule has 114 valence electrons. The van der Waals surface area contributed by atoms with Crippen LogP contribution in [0.15, 0.2) is 21.1 Å². The number of ether oxygens (including phenoxy) is 2. The lowest BCUT2D eigenvalue weighted by atomic mass is 10.1. The summed E-state index contributed by atoms with van der Waals surface area (Å²) in [5.41, 5.74) is 3.13. The lowest BCUT2D eigenvalue weighted by Gasteiger charge is -2.12. The molecule has 0 aliphatic heterocycles. The number of rotatable bonds is 6. The second-order valence-corrected chi connectivity index (χ2v) is 5.57. The maximum Gasteiger partial charge on any atom is 0.174 e. The van der Waals surface area contributed by atoms with E-state index in [1.807, 2.05) is 26.0 Å². The Morgan fingerprint density at radius 1 is 1.19 bits per heavy atom. The van der Waals surface area contributed by atoms with Crippen LogP contribution in [0.1, 0.15) is 22.6 Å². The lowest BCUT2D eigenvalue weighted by molar-refractivity contribution is 0.352. The average Bonchev–Trinajstić information content (AvgIpc) is 2.78. The zero-order valence-electron chi connectivity index (χ0n) is 12.6. The topological polar surface area (TPSA) is 56.5 Å². The molecular formula is C15H19BrN2O3. The van der Waals surface area contributed by atoms with Crippen LogP contribution >= 0.6 is 15.9 Å². The molecule has 0 unspecified atom stereocenters. The highest BCUT2D eigenvalue weighted by atomic mass is 79.9. The van der Waals surface area contributed by atoms with Crippen molar-refractivity contribution in [1.29, 1.82) is 0 Å². The van der Waals surface area contributed by atoms with Crippen molar-refractivity contribution in [3.05, 3.63) is 39.2 Å². The summed E-state index contributed by atoms with van der Waals surface area (Å²) in [5, 5.41) is 7.33. The van der Waals surface area contributed by atoms with E-state index in [1.54, 1.807) is 14.2 Å². The molecule has 0 aliphatic carbocycles. The van der Waals surface area contributed by atoms with E-state index in [1.165, 1.54) is 0 Å². The Bertz CT molecular complexity index is 606. The molecule has 1 aromatic heterocycles. The summed E-state index contributed by atoms with van der Waals surface area (Å²) in [5.74, 6) is 2.27. The highest BCUT2D eigenvalue weighted by Gasteiger charge is 2.11. The van der Waals surface area contributed by atoms with Gasteiger partial charge in [0.1, 0.15) is 5.76 Å². The van der Waals surface area contributed by atoms with Gasteiger partial charge in [-0.2, -0.15) is 0 Å². The summed E-state index contributed by atoms with van der Waals surface area (Å²) in [7, 11) is 3.25. The zero-order chi connectivity index (χ0) is 15.4. The van der Waals surface area contributed by atoms with Crippen LogP contribution in [0, 0.1) is 13.8 Å². The smallest absolute Gasteiger partial charge is 0.174 e. The van der Waals surface area contributed by atoms with Gasteiger partial charge in [0, 0.05) is 18.7 Å². The second-order valence-electron chi connectivity index (χ2n) is 4.72. The van der Waals surface area contributed by atoms with E-state index in [0.29, 0.717) is 24.6 Å².